The molecule has 0 radical (unpaired) electrons. The standard InChI is InChI=1S/C21H23NO3/c1-13-8-9-18(10-15(13)3)25-21(24)17-11-20(23)22(12-17)19-7-5-6-14(2)16(19)4/h5-10,17H,11-12H2,1-4H3/t17-/m0/s1. The van der Waals surface area contributed by atoms with E-state index in [1.165, 1.54) is 0 Å². The van der Waals surface area contributed by atoms with Gasteiger partial charge in [-0.3, -0.25) is 9.59 Å². The topological polar surface area (TPSA) is 46.6 Å². The fraction of sp³-hybridized carbons (Fsp3) is 0.333. The number of aryl methyl sites for hydroxylation is 3. The summed E-state index contributed by atoms with van der Waals surface area (Å²) >= 11 is 0. The predicted molar refractivity (Wildman–Crippen MR) is 97.9 cm³/mol. The Morgan fingerprint density at radius 3 is 2.52 bits per heavy atom. The Kier molecular flexibility index (Phi) is 4.62. The van der Waals surface area contributed by atoms with Crippen LogP contribution in [0.2, 0.25) is 0 Å². The maximum atomic E-state index is 12.5. The minimum Gasteiger partial charge on any atom is -0.426 e. The number of esters is 1. The van der Waals surface area contributed by atoms with Crippen LogP contribution in [0, 0.1) is 33.6 Å². The van der Waals surface area contributed by atoms with Gasteiger partial charge < -0.3 is 9.64 Å². The van der Waals surface area contributed by atoms with Crippen molar-refractivity contribution in [3.05, 3.63) is 58.7 Å². The van der Waals surface area contributed by atoms with Gasteiger partial charge in [-0.05, 0) is 68.1 Å². The number of benzene rings is 2. The highest BCUT2D eigenvalue weighted by Crippen LogP contribution is 2.30. The first-order valence-corrected chi connectivity index (χ1v) is 8.52. The Bertz CT molecular complexity index is 841. The number of amides is 1. The van der Waals surface area contributed by atoms with Crippen molar-refractivity contribution in [1.82, 2.24) is 0 Å². The lowest BCUT2D eigenvalue weighted by Gasteiger charge is -2.20. The molecule has 4 nitrogen and oxygen atoms in total. The molecule has 1 atom stereocenters. The van der Waals surface area contributed by atoms with Crippen molar-refractivity contribution in [3.8, 4) is 5.75 Å². The third kappa shape index (κ3) is 3.43. The second-order valence-corrected chi connectivity index (χ2v) is 6.79. The quantitative estimate of drug-likeness (QED) is 0.631. The first kappa shape index (κ1) is 17.2. The number of hydrogen-bond acceptors (Lipinski definition) is 3. The molecule has 0 aromatic heterocycles. The van der Waals surface area contributed by atoms with Crippen LogP contribution in [-0.2, 0) is 9.59 Å². The molecule has 0 aliphatic carbocycles. The lowest BCUT2D eigenvalue weighted by molar-refractivity contribution is -0.139. The Hall–Kier alpha value is -2.62. The van der Waals surface area contributed by atoms with E-state index >= 15 is 0 Å². The molecule has 0 bridgehead atoms. The van der Waals surface area contributed by atoms with Crippen molar-refractivity contribution in [1.29, 1.82) is 0 Å². The van der Waals surface area contributed by atoms with Crippen molar-refractivity contribution in [3.63, 3.8) is 0 Å². The molecular formula is C21H23NO3. The lowest BCUT2D eigenvalue weighted by Crippen LogP contribution is -2.28. The van der Waals surface area contributed by atoms with Gasteiger partial charge in [-0.2, -0.15) is 0 Å². The zero-order valence-electron chi connectivity index (χ0n) is 15.1. The van der Waals surface area contributed by atoms with E-state index in [-0.39, 0.29) is 18.3 Å². The van der Waals surface area contributed by atoms with Crippen molar-refractivity contribution >= 4 is 17.6 Å². The van der Waals surface area contributed by atoms with Crippen molar-refractivity contribution in [2.24, 2.45) is 5.92 Å². The molecule has 3 rings (SSSR count). The summed E-state index contributed by atoms with van der Waals surface area (Å²) in [6.45, 7) is 8.38. The second-order valence-electron chi connectivity index (χ2n) is 6.79. The third-order valence-corrected chi connectivity index (χ3v) is 5.02. The predicted octanol–water partition coefficient (Wildman–Crippen LogP) is 3.88. The van der Waals surface area contributed by atoms with Crippen LogP contribution < -0.4 is 9.64 Å². The summed E-state index contributed by atoms with van der Waals surface area (Å²) in [6.07, 6.45) is 0.192. The van der Waals surface area contributed by atoms with Gasteiger partial charge in [0.15, 0.2) is 0 Å². The van der Waals surface area contributed by atoms with Crippen molar-refractivity contribution < 1.29 is 14.3 Å². The van der Waals surface area contributed by atoms with Gasteiger partial charge in [0.1, 0.15) is 5.75 Å². The SMILES string of the molecule is Cc1ccc(OC(=O)[C@H]2CC(=O)N(c3cccc(C)c3C)C2)cc1C. The Morgan fingerprint density at radius 1 is 1.04 bits per heavy atom. The molecule has 0 spiro atoms. The van der Waals surface area contributed by atoms with Crippen LogP contribution in [0.5, 0.6) is 5.75 Å². The largest absolute Gasteiger partial charge is 0.426 e. The molecule has 1 heterocycles. The van der Waals surface area contributed by atoms with Crippen molar-refractivity contribution in [2.45, 2.75) is 34.1 Å². The summed E-state index contributed by atoms with van der Waals surface area (Å²) in [6, 6.07) is 11.5. The van der Waals surface area contributed by atoms with E-state index < -0.39 is 5.92 Å². The molecule has 0 unspecified atom stereocenters. The molecule has 130 valence electrons. The molecule has 2 aromatic carbocycles. The maximum Gasteiger partial charge on any atom is 0.316 e. The summed E-state index contributed by atoms with van der Waals surface area (Å²) in [4.78, 5) is 26.6. The highest BCUT2D eigenvalue weighted by molar-refractivity contribution is 6.00. The highest BCUT2D eigenvalue weighted by Gasteiger charge is 2.37. The summed E-state index contributed by atoms with van der Waals surface area (Å²) < 4.78 is 5.50. The van der Waals surface area contributed by atoms with E-state index in [2.05, 4.69) is 0 Å². The number of rotatable bonds is 3. The highest BCUT2D eigenvalue weighted by atomic mass is 16.5. The number of hydrogen-bond donors (Lipinski definition) is 0. The number of nitrogens with zero attached hydrogens (tertiary/aromatic N) is 1. The van der Waals surface area contributed by atoms with Gasteiger partial charge in [0.2, 0.25) is 5.91 Å². The van der Waals surface area contributed by atoms with E-state index in [9.17, 15) is 9.59 Å². The number of carbonyl (C=O) groups is 2. The summed E-state index contributed by atoms with van der Waals surface area (Å²) in [5, 5.41) is 0. The molecule has 1 fully saturated rings. The summed E-state index contributed by atoms with van der Waals surface area (Å²) in [7, 11) is 0. The molecule has 1 amide bonds. The van der Waals surface area contributed by atoms with Gasteiger partial charge in [-0.1, -0.05) is 18.2 Å². The van der Waals surface area contributed by atoms with Gasteiger partial charge in [-0.15, -0.1) is 0 Å². The first-order valence-electron chi connectivity index (χ1n) is 8.52. The van der Waals surface area contributed by atoms with Gasteiger partial charge in [0.05, 0.1) is 5.92 Å². The van der Waals surface area contributed by atoms with Crippen molar-refractivity contribution in [2.75, 3.05) is 11.4 Å². The zero-order valence-corrected chi connectivity index (χ0v) is 15.1. The smallest absolute Gasteiger partial charge is 0.316 e. The normalized spacial score (nSPS) is 17.0. The fourth-order valence-electron chi connectivity index (χ4n) is 3.10. The average molecular weight is 337 g/mol. The minimum atomic E-state index is -0.436. The van der Waals surface area contributed by atoms with Crippen LogP contribution in [-0.4, -0.2) is 18.4 Å². The van der Waals surface area contributed by atoms with E-state index in [1.807, 2.05) is 58.0 Å². The number of anilines is 1. The summed E-state index contributed by atoms with van der Waals surface area (Å²) in [5.74, 6) is -0.278. The van der Waals surface area contributed by atoms with E-state index in [0.717, 1.165) is 27.9 Å². The molecule has 1 aliphatic heterocycles. The van der Waals surface area contributed by atoms with Gasteiger partial charge in [0.25, 0.3) is 0 Å². The minimum absolute atomic E-state index is 0.0317. The zero-order chi connectivity index (χ0) is 18.1. The van der Waals surface area contributed by atoms with Gasteiger partial charge >= 0.3 is 5.97 Å². The van der Waals surface area contributed by atoms with E-state index in [0.29, 0.717) is 12.3 Å². The van der Waals surface area contributed by atoms with Crippen LogP contribution in [0.3, 0.4) is 0 Å². The van der Waals surface area contributed by atoms with E-state index in [4.69, 9.17) is 4.74 Å². The molecular weight excluding hydrogens is 314 g/mol. The second kappa shape index (κ2) is 6.71. The summed E-state index contributed by atoms with van der Waals surface area (Å²) in [5.41, 5.74) is 5.30. The first-order chi connectivity index (χ1) is 11.9. The monoisotopic (exact) mass is 337 g/mol. The Morgan fingerprint density at radius 2 is 1.80 bits per heavy atom. The van der Waals surface area contributed by atoms with Crippen LogP contribution in [0.25, 0.3) is 0 Å². The molecule has 4 heteroatoms. The maximum absolute atomic E-state index is 12.5. The van der Waals surface area contributed by atoms with Crippen LogP contribution >= 0.6 is 0 Å². The lowest BCUT2D eigenvalue weighted by atomic mass is 10.1. The third-order valence-electron chi connectivity index (χ3n) is 5.02. The molecule has 25 heavy (non-hydrogen) atoms. The molecule has 1 aliphatic rings. The fourth-order valence-corrected chi connectivity index (χ4v) is 3.10. The van der Waals surface area contributed by atoms with Crippen LogP contribution in [0.15, 0.2) is 36.4 Å². The van der Waals surface area contributed by atoms with Crippen LogP contribution in [0.1, 0.15) is 28.7 Å². The Balaban J connectivity index is 1.74. The van der Waals surface area contributed by atoms with Gasteiger partial charge in [-0.25, -0.2) is 0 Å². The number of carbonyl (C=O) groups excluding carboxylic acids is 2. The Labute approximate surface area is 148 Å². The average Bonchev–Trinajstić information content (AvgIpc) is 2.95. The molecule has 2 aromatic rings. The molecule has 0 saturated carbocycles. The number of ether oxygens (including phenoxy) is 1. The van der Waals surface area contributed by atoms with Crippen LogP contribution in [0.4, 0.5) is 5.69 Å². The molecule has 1 saturated heterocycles. The van der Waals surface area contributed by atoms with E-state index in [1.54, 1.807) is 11.0 Å². The van der Waals surface area contributed by atoms with Gasteiger partial charge in [0, 0.05) is 18.7 Å². The molecule has 0 N–H and O–H groups in total.